The second kappa shape index (κ2) is 7.63. The molecule has 2 aromatic heterocycles. The van der Waals surface area contributed by atoms with Crippen LogP contribution in [0.2, 0.25) is 0 Å². The minimum atomic E-state index is -0.208. The van der Waals surface area contributed by atoms with Crippen LogP contribution in [0.1, 0.15) is 35.1 Å². The number of aromatic nitrogens is 2. The van der Waals surface area contributed by atoms with Crippen LogP contribution in [0.3, 0.4) is 0 Å². The van der Waals surface area contributed by atoms with Gasteiger partial charge in [-0.05, 0) is 38.8 Å². The molecule has 1 aromatic carbocycles. The molecule has 7 nitrogen and oxygen atoms in total. The Labute approximate surface area is 167 Å². The fraction of sp³-hybridized carbons (Fsp3) is 0.350. The van der Waals surface area contributed by atoms with E-state index < -0.39 is 0 Å². The highest BCUT2D eigenvalue weighted by Crippen LogP contribution is 2.33. The lowest BCUT2D eigenvalue weighted by molar-refractivity contribution is 0.249. The van der Waals surface area contributed by atoms with E-state index in [9.17, 15) is 4.79 Å². The molecule has 0 saturated heterocycles. The van der Waals surface area contributed by atoms with Gasteiger partial charge in [0, 0.05) is 47.5 Å². The summed E-state index contributed by atoms with van der Waals surface area (Å²) < 4.78 is 5.20. The molecule has 0 unspecified atom stereocenters. The number of thiazole rings is 1. The molecule has 1 atom stereocenters. The second-order valence-electron chi connectivity index (χ2n) is 7.12. The minimum Gasteiger partial charge on any atom is -0.361 e. The maximum Gasteiger partial charge on any atom is 0.319 e. The molecule has 0 radical (unpaired) electrons. The number of carbonyl (C=O) groups excluding carboxylic acids is 1. The predicted molar refractivity (Wildman–Crippen MR) is 110 cm³/mol. The Balaban J connectivity index is 1.40. The molecule has 3 aromatic rings. The van der Waals surface area contributed by atoms with Crippen molar-refractivity contribution in [2.75, 3.05) is 10.2 Å². The number of carbonyl (C=O) groups is 1. The smallest absolute Gasteiger partial charge is 0.319 e. The van der Waals surface area contributed by atoms with Gasteiger partial charge in [-0.3, -0.25) is 0 Å². The number of hydrogen-bond acceptors (Lipinski definition) is 6. The van der Waals surface area contributed by atoms with Crippen LogP contribution < -0.4 is 15.5 Å². The number of rotatable bonds is 5. The van der Waals surface area contributed by atoms with Crippen LogP contribution in [0.25, 0.3) is 0 Å². The topological polar surface area (TPSA) is 83.3 Å². The summed E-state index contributed by atoms with van der Waals surface area (Å²) in [4.78, 5) is 19.2. The molecule has 0 bridgehead atoms. The van der Waals surface area contributed by atoms with E-state index in [1.165, 1.54) is 5.56 Å². The average molecular weight is 398 g/mol. The molecule has 146 valence electrons. The number of nitrogens with one attached hydrogen (secondary N) is 2. The Morgan fingerprint density at radius 1 is 1.36 bits per heavy atom. The highest BCUT2D eigenvalue weighted by molar-refractivity contribution is 7.13. The van der Waals surface area contributed by atoms with Crippen LogP contribution in [-0.2, 0) is 19.5 Å². The lowest BCUT2D eigenvalue weighted by Crippen LogP contribution is -2.37. The Morgan fingerprint density at radius 3 is 2.93 bits per heavy atom. The van der Waals surface area contributed by atoms with Gasteiger partial charge in [0.25, 0.3) is 0 Å². The summed E-state index contributed by atoms with van der Waals surface area (Å²) in [6.07, 6.45) is 2.50. The van der Waals surface area contributed by atoms with Crippen LogP contribution in [0, 0.1) is 13.8 Å². The van der Waals surface area contributed by atoms with Crippen molar-refractivity contribution < 1.29 is 9.32 Å². The third kappa shape index (κ3) is 3.73. The zero-order chi connectivity index (χ0) is 19.7. The number of anilines is 2. The van der Waals surface area contributed by atoms with Crippen molar-refractivity contribution >= 4 is 28.2 Å². The van der Waals surface area contributed by atoms with E-state index in [0.717, 1.165) is 46.5 Å². The van der Waals surface area contributed by atoms with Gasteiger partial charge in [0.05, 0.1) is 5.69 Å². The van der Waals surface area contributed by atoms with E-state index in [4.69, 9.17) is 4.52 Å². The van der Waals surface area contributed by atoms with Gasteiger partial charge >= 0.3 is 6.03 Å². The molecule has 0 spiro atoms. The monoisotopic (exact) mass is 397 g/mol. The Kier molecular flexibility index (Phi) is 5.04. The van der Waals surface area contributed by atoms with Gasteiger partial charge in [0.15, 0.2) is 5.13 Å². The number of fused-ring (bicyclic) bond motifs is 1. The zero-order valence-electron chi connectivity index (χ0n) is 16.2. The quantitative estimate of drug-likeness (QED) is 0.679. The van der Waals surface area contributed by atoms with E-state index in [-0.39, 0.29) is 12.1 Å². The summed E-state index contributed by atoms with van der Waals surface area (Å²) in [6.45, 7) is 7.34. The first kappa shape index (κ1) is 18.5. The van der Waals surface area contributed by atoms with Gasteiger partial charge in [-0.25, -0.2) is 9.78 Å². The van der Waals surface area contributed by atoms with Crippen LogP contribution in [-0.4, -0.2) is 22.2 Å². The molecule has 28 heavy (non-hydrogen) atoms. The first-order valence-corrected chi connectivity index (χ1v) is 10.1. The number of amides is 2. The van der Waals surface area contributed by atoms with E-state index in [1.807, 2.05) is 44.5 Å². The molecular formula is C20H23N5O2S. The molecule has 0 fully saturated rings. The summed E-state index contributed by atoms with van der Waals surface area (Å²) in [6, 6.07) is 5.78. The fourth-order valence-corrected chi connectivity index (χ4v) is 4.22. The number of benzene rings is 1. The summed E-state index contributed by atoms with van der Waals surface area (Å²) in [7, 11) is 0. The van der Waals surface area contributed by atoms with Crippen LogP contribution in [0.15, 0.2) is 34.3 Å². The van der Waals surface area contributed by atoms with Gasteiger partial charge in [-0.15, -0.1) is 11.3 Å². The van der Waals surface area contributed by atoms with Crippen molar-refractivity contribution in [1.29, 1.82) is 0 Å². The maximum atomic E-state index is 12.5. The molecular weight excluding hydrogens is 374 g/mol. The summed E-state index contributed by atoms with van der Waals surface area (Å²) in [5, 5.41) is 13.0. The number of aryl methyl sites for hydroxylation is 2. The lowest BCUT2D eigenvalue weighted by Gasteiger charge is -2.16. The van der Waals surface area contributed by atoms with E-state index in [0.29, 0.717) is 6.42 Å². The Morgan fingerprint density at radius 2 is 2.21 bits per heavy atom. The standard InChI is InChI=1S/C20H23N5O2S/c1-12(9-16-13(2)24-27-14(16)3)22-19(26)23-18-6-4-5-15-10-25(11-17(15)18)20-21-7-8-28-20/h4-8,12H,9-11H2,1-3H3,(H2,22,23,26)/t12-/m0/s1. The Bertz CT molecular complexity index is 963. The summed E-state index contributed by atoms with van der Waals surface area (Å²) in [5.41, 5.74) is 5.13. The lowest BCUT2D eigenvalue weighted by atomic mass is 10.1. The van der Waals surface area contributed by atoms with Crippen molar-refractivity contribution in [1.82, 2.24) is 15.5 Å². The molecule has 2 amide bonds. The first-order valence-electron chi connectivity index (χ1n) is 9.25. The average Bonchev–Trinajstić information content (AvgIpc) is 3.38. The third-order valence-corrected chi connectivity index (χ3v) is 5.82. The van der Waals surface area contributed by atoms with E-state index in [2.05, 4.69) is 31.7 Å². The van der Waals surface area contributed by atoms with Gasteiger partial charge in [0.2, 0.25) is 0 Å². The van der Waals surface area contributed by atoms with Crippen molar-refractivity contribution in [3.63, 3.8) is 0 Å². The van der Waals surface area contributed by atoms with Crippen LogP contribution in [0.5, 0.6) is 0 Å². The zero-order valence-corrected chi connectivity index (χ0v) is 17.0. The SMILES string of the molecule is Cc1noc(C)c1C[C@H](C)NC(=O)Nc1cccc2c1CN(c1nccs1)C2. The molecule has 2 N–H and O–H groups in total. The Hall–Kier alpha value is -2.87. The number of hydrogen-bond donors (Lipinski definition) is 2. The van der Waals surface area contributed by atoms with Gasteiger partial charge in [0.1, 0.15) is 5.76 Å². The van der Waals surface area contributed by atoms with Gasteiger partial charge in [-0.1, -0.05) is 17.3 Å². The normalized spacial score (nSPS) is 14.0. The molecule has 0 aliphatic carbocycles. The number of urea groups is 1. The summed E-state index contributed by atoms with van der Waals surface area (Å²) in [5.74, 6) is 0.801. The van der Waals surface area contributed by atoms with Crippen LogP contribution >= 0.6 is 11.3 Å². The summed E-state index contributed by atoms with van der Waals surface area (Å²) >= 11 is 1.63. The minimum absolute atomic E-state index is 0.0413. The second-order valence-corrected chi connectivity index (χ2v) is 7.99. The number of nitrogens with zero attached hydrogens (tertiary/aromatic N) is 3. The van der Waals surface area contributed by atoms with E-state index in [1.54, 1.807) is 11.3 Å². The van der Waals surface area contributed by atoms with Crippen molar-refractivity contribution in [3.8, 4) is 0 Å². The maximum absolute atomic E-state index is 12.5. The molecule has 3 heterocycles. The molecule has 1 aliphatic rings. The van der Waals surface area contributed by atoms with Gasteiger partial charge < -0.3 is 20.1 Å². The highest BCUT2D eigenvalue weighted by atomic mass is 32.1. The molecule has 8 heteroatoms. The predicted octanol–water partition coefficient (Wildman–Crippen LogP) is 4.02. The molecule has 4 rings (SSSR count). The largest absolute Gasteiger partial charge is 0.361 e. The highest BCUT2D eigenvalue weighted by Gasteiger charge is 2.24. The first-order chi connectivity index (χ1) is 13.5. The van der Waals surface area contributed by atoms with Crippen LogP contribution in [0.4, 0.5) is 15.6 Å². The van der Waals surface area contributed by atoms with Crippen molar-refractivity contribution in [3.05, 3.63) is 57.9 Å². The molecule has 0 saturated carbocycles. The van der Waals surface area contributed by atoms with Crippen molar-refractivity contribution in [2.45, 2.75) is 46.3 Å². The van der Waals surface area contributed by atoms with E-state index >= 15 is 0 Å². The molecule has 1 aliphatic heterocycles. The third-order valence-electron chi connectivity index (χ3n) is 4.99. The van der Waals surface area contributed by atoms with Crippen molar-refractivity contribution in [2.24, 2.45) is 0 Å². The fourth-order valence-electron chi connectivity index (χ4n) is 3.58. The van der Waals surface area contributed by atoms with Gasteiger partial charge in [-0.2, -0.15) is 0 Å².